The van der Waals surface area contributed by atoms with E-state index in [-0.39, 0.29) is 13.0 Å². The van der Waals surface area contributed by atoms with Gasteiger partial charge in [0.15, 0.2) is 0 Å². The number of aromatic amines is 1. The van der Waals surface area contributed by atoms with Crippen LogP contribution in [-0.2, 0) is 6.42 Å². The fraction of sp³-hybridized carbons (Fsp3) is 0.636. The second-order valence-electron chi connectivity index (χ2n) is 4.73. The van der Waals surface area contributed by atoms with Gasteiger partial charge < -0.3 is 10.2 Å². The van der Waals surface area contributed by atoms with E-state index in [4.69, 9.17) is 5.11 Å². The average molecular weight is 326 g/mol. The van der Waals surface area contributed by atoms with E-state index in [1.54, 1.807) is 0 Å². The lowest BCUT2D eigenvalue weighted by Crippen LogP contribution is -2.34. The zero-order valence-electron chi connectivity index (χ0n) is 10.6. The average Bonchev–Trinajstić information content (AvgIpc) is 2.72. The number of thioether (sulfide) groups is 1. The van der Waals surface area contributed by atoms with Crippen LogP contribution in [0.2, 0.25) is 0 Å². The summed E-state index contributed by atoms with van der Waals surface area (Å²) in [6.45, 7) is -0.310. The largest absolute Gasteiger partial charge is 0.395 e. The van der Waals surface area contributed by atoms with Gasteiger partial charge in [0.2, 0.25) is 0 Å². The zero-order valence-corrected chi connectivity index (χ0v) is 11.4. The number of hydrogen-bond acceptors (Lipinski definition) is 5. The van der Waals surface area contributed by atoms with Gasteiger partial charge in [-0.25, -0.2) is 4.79 Å². The van der Waals surface area contributed by atoms with Crippen molar-refractivity contribution in [3.63, 3.8) is 0 Å². The van der Waals surface area contributed by atoms with Gasteiger partial charge in [0.05, 0.1) is 29.8 Å². The molecular weight excluding hydrogens is 313 g/mol. The van der Waals surface area contributed by atoms with Crippen molar-refractivity contribution in [3.05, 3.63) is 32.6 Å². The summed E-state index contributed by atoms with van der Waals surface area (Å²) in [4.78, 5) is 25.0. The van der Waals surface area contributed by atoms with Gasteiger partial charge in [0.1, 0.15) is 0 Å². The van der Waals surface area contributed by atoms with Crippen LogP contribution in [0.1, 0.15) is 17.4 Å². The Morgan fingerprint density at radius 2 is 2.10 bits per heavy atom. The van der Waals surface area contributed by atoms with E-state index in [0.29, 0.717) is 0 Å². The van der Waals surface area contributed by atoms with Crippen LogP contribution in [0.15, 0.2) is 15.8 Å². The molecule has 0 aliphatic carbocycles. The molecule has 0 radical (unpaired) electrons. The van der Waals surface area contributed by atoms with Gasteiger partial charge in [0.25, 0.3) is 5.56 Å². The molecule has 0 amide bonds. The second kappa shape index (κ2) is 5.85. The van der Waals surface area contributed by atoms with E-state index < -0.39 is 46.1 Å². The first-order valence-corrected chi connectivity index (χ1v) is 7.01. The van der Waals surface area contributed by atoms with Crippen LogP contribution in [0.3, 0.4) is 0 Å². The Morgan fingerprint density at radius 3 is 2.62 bits per heavy atom. The minimum absolute atomic E-state index is 0.104. The van der Waals surface area contributed by atoms with Crippen LogP contribution < -0.4 is 11.2 Å². The second-order valence-corrected chi connectivity index (χ2v) is 6.15. The van der Waals surface area contributed by atoms with Crippen LogP contribution in [0.25, 0.3) is 0 Å². The van der Waals surface area contributed by atoms with Gasteiger partial charge in [-0.3, -0.25) is 14.3 Å². The standard InChI is InChI=1S/C11H13F3N2O4S/c12-11(13,14)2-5-3-16(10(20)15-9(5)19)8-1-6(18)7(4-17)21-8/h3,6-8,17-18H,1-2,4H2,(H,15,19,20)/t6?,7?,8-/m1/s1. The molecule has 1 saturated heterocycles. The first-order valence-electron chi connectivity index (χ1n) is 6.06. The Kier molecular flexibility index (Phi) is 4.49. The van der Waals surface area contributed by atoms with Crippen LogP contribution in [0, 0.1) is 0 Å². The van der Waals surface area contributed by atoms with Gasteiger partial charge in [-0.1, -0.05) is 0 Å². The number of nitrogens with zero attached hydrogens (tertiary/aromatic N) is 1. The summed E-state index contributed by atoms with van der Waals surface area (Å²) in [5.41, 5.74) is -2.48. The Hall–Kier alpha value is -1.26. The Bertz CT molecular complexity index is 627. The lowest BCUT2D eigenvalue weighted by Gasteiger charge is -2.14. The van der Waals surface area contributed by atoms with Gasteiger partial charge in [-0.15, -0.1) is 11.8 Å². The molecule has 1 aliphatic rings. The highest BCUT2D eigenvalue weighted by molar-refractivity contribution is 8.00. The van der Waals surface area contributed by atoms with Gasteiger partial charge in [-0.2, -0.15) is 13.2 Å². The highest BCUT2D eigenvalue weighted by atomic mass is 32.2. The Labute approximate surface area is 120 Å². The highest BCUT2D eigenvalue weighted by Gasteiger charge is 2.35. The molecule has 2 unspecified atom stereocenters. The van der Waals surface area contributed by atoms with E-state index >= 15 is 0 Å². The van der Waals surface area contributed by atoms with Crippen molar-refractivity contribution in [1.29, 1.82) is 0 Å². The first-order chi connectivity index (χ1) is 9.71. The van der Waals surface area contributed by atoms with E-state index in [9.17, 15) is 27.9 Å². The topological polar surface area (TPSA) is 95.3 Å². The number of halogens is 3. The van der Waals surface area contributed by atoms with E-state index in [0.717, 1.165) is 22.5 Å². The molecule has 1 aromatic rings. The number of aliphatic hydroxyl groups is 2. The van der Waals surface area contributed by atoms with E-state index in [1.807, 2.05) is 4.98 Å². The normalized spacial score (nSPS) is 26.2. The molecule has 10 heteroatoms. The molecule has 0 aromatic carbocycles. The molecular formula is C11H13F3N2O4S. The molecule has 118 valence electrons. The Balaban J connectivity index is 2.35. The Morgan fingerprint density at radius 1 is 1.43 bits per heavy atom. The quantitative estimate of drug-likeness (QED) is 0.727. The van der Waals surface area contributed by atoms with Crippen LogP contribution in [0.5, 0.6) is 0 Å². The summed E-state index contributed by atoms with van der Waals surface area (Å²) in [5, 5.41) is 17.6. The summed E-state index contributed by atoms with van der Waals surface area (Å²) in [6.07, 6.45) is -5.89. The first kappa shape index (κ1) is 16.1. The minimum atomic E-state index is -4.56. The van der Waals surface area contributed by atoms with Crippen LogP contribution in [-0.4, -0.2) is 43.9 Å². The molecule has 0 spiro atoms. The summed E-state index contributed by atoms with van der Waals surface area (Å²) >= 11 is 1.08. The smallest absolute Gasteiger partial charge is 0.393 e. The zero-order chi connectivity index (χ0) is 15.8. The molecule has 1 aliphatic heterocycles. The third kappa shape index (κ3) is 3.69. The number of alkyl halides is 3. The minimum Gasteiger partial charge on any atom is -0.395 e. The van der Waals surface area contributed by atoms with Crippen molar-refractivity contribution in [2.24, 2.45) is 0 Å². The van der Waals surface area contributed by atoms with E-state index in [1.165, 1.54) is 0 Å². The fourth-order valence-electron chi connectivity index (χ4n) is 2.13. The van der Waals surface area contributed by atoms with E-state index in [2.05, 4.69) is 0 Å². The van der Waals surface area contributed by atoms with Crippen LogP contribution >= 0.6 is 11.8 Å². The molecule has 1 fully saturated rings. The summed E-state index contributed by atoms with van der Waals surface area (Å²) in [6, 6.07) is 0. The lowest BCUT2D eigenvalue weighted by molar-refractivity contribution is -0.127. The predicted molar refractivity (Wildman–Crippen MR) is 69.2 cm³/mol. The van der Waals surface area contributed by atoms with Crippen molar-refractivity contribution in [1.82, 2.24) is 9.55 Å². The maximum atomic E-state index is 12.4. The predicted octanol–water partition coefficient (Wildman–Crippen LogP) is -0.00130. The van der Waals surface area contributed by atoms with Gasteiger partial charge in [0, 0.05) is 18.2 Å². The number of aliphatic hydroxyl groups excluding tert-OH is 2. The SMILES string of the molecule is O=c1[nH]c(=O)n([C@H]2CC(O)C(CO)S2)cc1CC(F)(F)F. The number of nitrogens with one attached hydrogen (secondary N) is 1. The molecule has 2 heterocycles. The summed E-state index contributed by atoms with van der Waals surface area (Å²) < 4.78 is 38.1. The number of H-pyrrole nitrogens is 1. The number of aromatic nitrogens is 2. The van der Waals surface area contributed by atoms with Crippen molar-refractivity contribution < 1.29 is 23.4 Å². The highest BCUT2D eigenvalue weighted by Crippen LogP contribution is 2.40. The van der Waals surface area contributed by atoms with Crippen LogP contribution in [0.4, 0.5) is 13.2 Å². The third-order valence-corrected chi connectivity index (χ3v) is 4.67. The molecule has 0 saturated carbocycles. The fourth-order valence-corrected chi connectivity index (χ4v) is 3.51. The molecule has 3 atom stereocenters. The van der Waals surface area contributed by atoms with Crippen molar-refractivity contribution >= 4 is 11.8 Å². The van der Waals surface area contributed by atoms with Crippen molar-refractivity contribution in [2.45, 2.75) is 35.7 Å². The molecule has 21 heavy (non-hydrogen) atoms. The molecule has 1 aromatic heterocycles. The number of rotatable bonds is 3. The molecule has 2 rings (SSSR count). The maximum absolute atomic E-state index is 12.4. The van der Waals surface area contributed by atoms with Crippen molar-refractivity contribution in [3.8, 4) is 0 Å². The number of hydrogen-bond donors (Lipinski definition) is 3. The summed E-state index contributed by atoms with van der Waals surface area (Å²) in [5.74, 6) is 0. The van der Waals surface area contributed by atoms with Crippen molar-refractivity contribution in [2.75, 3.05) is 6.61 Å². The lowest BCUT2D eigenvalue weighted by atomic mass is 10.2. The molecule has 3 N–H and O–H groups in total. The molecule has 0 bridgehead atoms. The maximum Gasteiger partial charge on any atom is 0.393 e. The monoisotopic (exact) mass is 326 g/mol. The van der Waals surface area contributed by atoms with Gasteiger partial charge >= 0.3 is 11.9 Å². The molecule has 6 nitrogen and oxygen atoms in total. The summed E-state index contributed by atoms with van der Waals surface area (Å²) in [7, 11) is 0. The third-order valence-electron chi connectivity index (χ3n) is 3.13. The van der Waals surface area contributed by atoms with Gasteiger partial charge in [-0.05, 0) is 0 Å².